The third-order valence-electron chi connectivity index (χ3n) is 2.30. The molecular weight excluding hydrogens is 210 g/mol. The van der Waals surface area contributed by atoms with Crippen LogP contribution < -0.4 is 5.73 Å². The van der Waals surface area contributed by atoms with Gasteiger partial charge in [-0.15, -0.1) is 11.3 Å². The van der Waals surface area contributed by atoms with Crippen molar-refractivity contribution in [2.45, 2.75) is 32.7 Å². The highest BCUT2D eigenvalue weighted by molar-refractivity contribution is 7.12. The third kappa shape index (κ3) is 3.32. The second kappa shape index (κ2) is 5.28. The van der Waals surface area contributed by atoms with Crippen LogP contribution in [-0.2, 0) is 9.53 Å². The summed E-state index contributed by atoms with van der Waals surface area (Å²) in [4.78, 5) is 13.4. The first-order chi connectivity index (χ1) is 7.04. The fourth-order valence-corrected chi connectivity index (χ4v) is 2.61. The Labute approximate surface area is 94.2 Å². The van der Waals surface area contributed by atoms with E-state index in [9.17, 15) is 4.79 Å². The van der Waals surface area contributed by atoms with Crippen molar-refractivity contribution in [1.82, 2.24) is 0 Å². The molecule has 0 aliphatic carbocycles. The number of rotatable bonds is 4. The zero-order valence-electron chi connectivity index (χ0n) is 9.37. The van der Waals surface area contributed by atoms with Crippen molar-refractivity contribution < 1.29 is 9.53 Å². The van der Waals surface area contributed by atoms with Gasteiger partial charge in [-0.2, -0.15) is 0 Å². The highest BCUT2D eigenvalue weighted by atomic mass is 32.1. The molecule has 4 heteroatoms. The van der Waals surface area contributed by atoms with E-state index in [-0.39, 0.29) is 12.0 Å². The average Bonchev–Trinajstić information content (AvgIpc) is 2.53. The van der Waals surface area contributed by atoms with Crippen LogP contribution in [0.2, 0.25) is 0 Å². The zero-order valence-corrected chi connectivity index (χ0v) is 10.2. The largest absolute Gasteiger partial charge is 0.469 e. The maximum absolute atomic E-state index is 11.0. The molecule has 0 aliphatic rings. The van der Waals surface area contributed by atoms with Gasteiger partial charge in [-0.3, -0.25) is 4.79 Å². The van der Waals surface area contributed by atoms with E-state index >= 15 is 0 Å². The Hall–Kier alpha value is -0.870. The number of esters is 1. The predicted molar refractivity (Wildman–Crippen MR) is 62.0 cm³/mol. The van der Waals surface area contributed by atoms with Gasteiger partial charge in [0, 0.05) is 22.2 Å². The molecule has 3 nitrogen and oxygen atoms in total. The van der Waals surface area contributed by atoms with Gasteiger partial charge in [0.2, 0.25) is 0 Å². The average molecular weight is 227 g/mol. The van der Waals surface area contributed by atoms with Crippen molar-refractivity contribution in [3.05, 3.63) is 21.4 Å². The van der Waals surface area contributed by atoms with Crippen molar-refractivity contribution in [2.24, 2.45) is 5.73 Å². The van der Waals surface area contributed by atoms with Crippen LogP contribution in [0, 0.1) is 13.8 Å². The van der Waals surface area contributed by atoms with Gasteiger partial charge in [0.1, 0.15) is 0 Å². The summed E-state index contributed by atoms with van der Waals surface area (Å²) >= 11 is 1.70. The van der Waals surface area contributed by atoms with Crippen molar-refractivity contribution in [1.29, 1.82) is 0 Å². The molecule has 0 amide bonds. The van der Waals surface area contributed by atoms with Crippen LogP contribution in [0.3, 0.4) is 0 Å². The standard InChI is InChI=1S/C11H17NO2S/c1-7-6-8(2)15-11(7)9(12)4-5-10(13)14-3/h6,9H,4-5,12H2,1-3H3. The topological polar surface area (TPSA) is 52.3 Å². The highest BCUT2D eigenvalue weighted by Crippen LogP contribution is 2.28. The quantitative estimate of drug-likeness (QED) is 0.803. The highest BCUT2D eigenvalue weighted by Gasteiger charge is 2.13. The first-order valence-electron chi connectivity index (χ1n) is 4.94. The monoisotopic (exact) mass is 227 g/mol. The molecule has 1 rings (SSSR count). The summed E-state index contributed by atoms with van der Waals surface area (Å²) in [5.41, 5.74) is 7.23. The Morgan fingerprint density at radius 3 is 2.73 bits per heavy atom. The summed E-state index contributed by atoms with van der Waals surface area (Å²) in [5, 5.41) is 0. The minimum absolute atomic E-state index is 0.0530. The fraction of sp³-hybridized carbons (Fsp3) is 0.545. The van der Waals surface area contributed by atoms with E-state index in [4.69, 9.17) is 5.73 Å². The number of aryl methyl sites for hydroxylation is 2. The summed E-state index contributed by atoms with van der Waals surface area (Å²) in [6, 6.07) is 2.07. The molecule has 0 bridgehead atoms. The lowest BCUT2D eigenvalue weighted by molar-refractivity contribution is -0.140. The summed E-state index contributed by atoms with van der Waals surface area (Å²) < 4.78 is 4.58. The number of methoxy groups -OCH3 is 1. The maximum Gasteiger partial charge on any atom is 0.305 e. The van der Waals surface area contributed by atoms with Gasteiger partial charge >= 0.3 is 5.97 Å². The number of ether oxygens (including phenoxy) is 1. The van der Waals surface area contributed by atoms with Crippen molar-refractivity contribution >= 4 is 17.3 Å². The van der Waals surface area contributed by atoms with Gasteiger partial charge in [0.25, 0.3) is 0 Å². The van der Waals surface area contributed by atoms with E-state index in [1.54, 1.807) is 11.3 Å². The lowest BCUT2D eigenvalue weighted by Gasteiger charge is -2.09. The molecule has 0 aliphatic heterocycles. The lowest BCUT2D eigenvalue weighted by Crippen LogP contribution is -2.12. The molecule has 0 saturated carbocycles. The van der Waals surface area contributed by atoms with E-state index in [1.807, 2.05) is 0 Å². The predicted octanol–water partition coefficient (Wildman–Crippen LogP) is 2.32. The number of hydrogen-bond acceptors (Lipinski definition) is 4. The SMILES string of the molecule is COC(=O)CCC(N)c1sc(C)cc1C. The van der Waals surface area contributed by atoms with Gasteiger partial charge in [0.15, 0.2) is 0 Å². The summed E-state index contributed by atoms with van der Waals surface area (Å²) in [6.07, 6.45) is 1.03. The third-order valence-corrected chi connectivity index (χ3v) is 3.59. The molecule has 0 fully saturated rings. The first kappa shape index (κ1) is 12.2. The van der Waals surface area contributed by atoms with Crippen LogP contribution in [0.15, 0.2) is 6.07 Å². The minimum atomic E-state index is -0.198. The molecule has 2 N–H and O–H groups in total. The summed E-state index contributed by atoms with van der Waals surface area (Å²) in [6.45, 7) is 4.12. The van der Waals surface area contributed by atoms with Crippen LogP contribution in [0.1, 0.15) is 34.2 Å². The van der Waals surface area contributed by atoms with Crippen molar-refractivity contribution in [2.75, 3.05) is 7.11 Å². The van der Waals surface area contributed by atoms with E-state index in [0.717, 1.165) is 0 Å². The Morgan fingerprint density at radius 1 is 1.60 bits per heavy atom. The molecule has 15 heavy (non-hydrogen) atoms. The van der Waals surface area contributed by atoms with E-state index < -0.39 is 0 Å². The number of hydrogen-bond donors (Lipinski definition) is 1. The smallest absolute Gasteiger partial charge is 0.305 e. The van der Waals surface area contributed by atoms with E-state index in [1.165, 1.54) is 22.4 Å². The van der Waals surface area contributed by atoms with Crippen LogP contribution in [0.25, 0.3) is 0 Å². The van der Waals surface area contributed by atoms with Crippen LogP contribution in [0.4, 0.5) is 0 Å². The lowest BCUT2D eigenvalue weighted by atomic mass is 10.1. The number of carbonyl (C=O) groups excluding carboxylic acids is 1. The van der Waals surface area contributed by atoms with Gasteiger partial charge in [-0.25, -0.2) is 0 Å². The Kier molecular flexibility index (Phi) is 4.29. The van der Waals surface area contributed by atoms with Crippen molar-refractivity contribution in [3.8, 4) is 0 Å². The zero-order chi connectivity index (χ0) is 11.4. The minimum Gasteiger partial charge on any atom is -0.469 e. The van der Waals surface area contributed by atoms with Gasteiger partial charge in [0.05, 0.1) is 7.11 Å². The van der Waals surface area contributed by atoms with Gasteiger partial charge in [-0.1, -0.05) is 0 Å². The molecular formula is C11H17NO2S. The normalized spacial score (nSPS) is 12.5. The maximum atomic E-state index is 11.0. The van der Waals surface area contributed by atoms with E-state index in [0.29, 0.717) is 12.8 Å². The molecule has 0 spiro atoms. The number of nitrogens with two attached hydrogens (primary N) is 1. The molecule has 1 aromatic heterocycles. The number of carbonyl (C=O) groups is 1. The molecule has 84 valence electrons. The van der Waals surface area contributed by atoms with E-state index in [2.05, 4.69) is 24.7 Å². The number of thiophene rings is 1. The Balaban J connectivity index is 2.57. The molecule has 1 unspecified atom stereocenters. The van der Waals surface area contributed by atoms with Crippen LogP contribution in [-0.4, -0.2) is 13.1 Å². The summed E-state index contributed by atoms with van der Waals surface area (Å²) in [7, 11) is 1.40. The molecule has 1 aromatic rings. The Bertz CT molecular complexity index is 346. The first-order valence-corrected chi connectivity index (χ1v) is 5.75. The Morgan fingerprint density at radius 2 is 2.27 bits per heavy atom. The summed E-state index contributed by atoms with van der Waals surface area (Å²) in [5.74, 6) is -0.198. The molecule has 0 aromatic carbocycles. The van der Waals surface area contributed by atoms with Gasteiger partial charge < -0.3 is 10.5 Å². The van der Waals surface area contributed by atoms with Crippen LogP contribution in [0.5, 0.6) is 0 Å². The van der Waals surface area contributed by atoms with Gasteiger partial charge in [-0.05, 0) is 31.9 Å². The molecule has 1 heterocycles. The molecule has 0 saturated heterocycles. The second-order valence-electron chi connectivity index (χ2n) is 3.63. The fourth-order valence-electron chi connectivity index (χ4n) is 1.53. The molecule has 1 atom stereocenters. The molecule has 0 radical (unpaired) electrons. The second-order valence-corrected chi connectivity index (χ2v) is 4.91. The van der Waals surface area contributed by atoms with Crippen LogP contribution >= 0.6 is 11.3 Å². The van der Waals surface area contributed by atoms with Crippen molar-refractivity contribution in [3.63, 3.8) is 0 Å².